The van der Waals surface area contributed by atoms with Crippen molar-refractivity contribution in [3.8, 4) is 0 Å². The molecule has 0 bridgehead atoms. The summed E-state index contributed by atoms with van der Waals surface area (Å²) < 4.78 is 5.42. The first-order valence-corrected chi connectivity index (χ1v) is 11.4. The zero-order valence-electron chi connectivity index (χ0n) is 16.3. The number of rotatable bonds is 6. The van der Waals surface area contributed by atoms with Crippen molar-refractivity contribution < 1.29 is 9.53 Å². The van der Waals surface area contributed by atoms with Crippen molar-refractivity contribution in [2.24, 2.45) is 0 Å². The monoisotopic (exact) mass is 404 g/mol. The minimum atomic E-state index is -0.0185. The van der Waals surface area contributed by atoms with Crippen LogP contribution in [0.15, 0.2) is 29.6 Å². The fourth-order valence-corrected chi connectivity index (χ4v) is 4.94. The topological polar surface area (TPSA) is 51.2 Å². The van der Waals surface area contributed by atoms with Crippen LogP contribution in [0.4, 0.5) is 5.69 Å². The first-order valence-electron chi connectivity index (χ1n) is 9.43. The van der Waals surface area contributed by atoms with E-state index in [1.807, 2.05) is 29.3 Å². The highest BCUT2D eigenvalue weighted by Gasteiger charge is 2.19. The van der Waals surface area contributed by atoms with Gasteiger partial charge in [-0.3, -0.25) is 4.79 Å². The third kappa shape index (κ3) is 6.33. The fourth-order valence-electron chi connectivity index (χ4n) is 2.90. The fraction of sp³-hybridized carbons (Fsp3) is 0.524. The SMILES string of the molecule is CC(C)(C)c1nc(CC(=O)Nc2cccc(CSC3CCOCC3)c2)cs1. The minimum Gasteiger partial charge on any atom is -0.381 e. The lowest BCUT2D eigenvalue weighted by Crippen LogP contribution is -2.17. The number of ether oxygens (including phenoxy) is 1. The summed E-state index contributed by atoms with van der Waals surface area (Å²) in [6.45, 7) is 8.17. The van der Waals surface area contributed by atoms with Crippen molar-refractivity contribution >= 4 is 34.7 Å². The molecule has 1 fully saturated rings. The predicted molar refractivity (Wildman–Crippen MR) is 115 cm³/mol. The molecule has 1 saturated heterocycles. The van der Waals surface area contributed by atoms with Gasteiger partial charge >= 0.3 is 0 Å². The van der Waals surface area contributed by atoms with Crippen molar-refractivity contribution in [3.05, 3.63) is 45.9 Å². The maximum atomic E-state index is 12.4. The van der Waals surface area contributed by atoms with Crippen LogP contribution in [-0.2, 0) is 27.1 Å². The normalized spacial score (nSPS) is 15.7. The average Bonchev–Trinajstić information content (AvgIpc) is 3.10. The maximum absolute atomic E-state index is 12.4. The van der Waals surface area contributed by atoms with Gasteiger partial charge in [-0.2, -0.15) is 11.8 Å². The quantitative estimate of drug-likeness (QED) is 0.733. The molecule has 0 atom stereocenters. The van der Waals surface area contributed by atoms with E-state index in [-0.39, 0.29) is 11.3 Å². The molecule has 0 radical (unpaired) electrons. The molecule has 3 rings (SSSR count). The van der Waals surface area contributed by atoms with Gasteiger partial charge in [-0.25, -0.2) is 4.98 Å². The molecule has 1 aromatic heterocycles. The minimum absolute atomic E-state index is 0.0185. The Morgan fingerprint density at radius 3 is 2.81 bits per heavy atom. The Balaban J connectivity index is 1.52. The van der Waals surface area contributed by atoms with Gasteiger partial charge < -0.3 is 10.1 Å². The lowest BCUT2D eigenvalue weighted by atomic mass is 9.98. The van der Waals surface area contributed by atoms with E-state index in [2.05, 4.69) is 43.2 Å². The molecular formula is C21H28N2O2S2. The number of anilines is 1. The van der Waals surface area contributed by atoms with Gasteiger partial charge in [0.05, 0.1) is 17.1 Å². The second-order valence-corrected chi connectivity index (χ2v) is 10.1. The zero-order valence-corrected chi connectivity index (χ0v) is 17.9. The largest absolute Gasteiger partial charge is 0.381 e. The standard InChI is InChI=1S/C21H28N2O2S2/c1-21(2,3)20-23-17(14-27-20)12-19(24)22-16-6-4-5-15(11-16)13-26-18-7-9-25-10-8-18/h4-6,11,14,18H,7-10,12-13H2,1-3H3,(H,22,24). The Bertz CT molecular complexity index is 762. The molecule has 1 aromatic carbocycles. The summed E-state index contributed by atoms with van der Waals surface area (Å²) in [5.41, 5.74) is 2.97. The van der Waals surface area contributed by atoms with Crippen LogP contribution in [0, 0.1) is 0 Å². The van der Waals surface area contributed by atoms with E-state index in [4.69, 9.17) is 4.74 Å². The number of nitrogens with one attached hydrogen (secondary N) is 1. The third-order valence-corrected chi connectivity index (χ3v) is 7.16. The summed E-state index contributed by atoms with van der Waals surface area (Å²) in [6.07, 6.45) is 2.57. The number of hydrogen-bond donors (Lipinski definition) is 1. The number of carbonyl (C=O) groups excluding carboxylic acids is 1. The second kappa shape index (κ2) is 9.22. The van der Waals surface area contributed by atoms with Crippen molar-refractivity contribution in [3.63, 3.8) is 0 Å². The average molecular weight is 405 g/mol. The van der Waals surface area contributed by atoms with E-state index < -0.39 is 0 Å². The Kier molecular flexibility index (Phi) is 6.95. The molecular weight excluding hydrogens is 376 g/mol. The highest BCUT2D eigenvalue weighted by Crippen LogP contribution is 2.27. The Labute approximate surface area is 170 Å². The maximum Gasteiger partial charge on any atom is 0.230 e. The second-order valence-electron chi connectivity index (χ2n) is 7.94. The van der Waals surface area contributed by atoms with Gasteiger partial charge in [-0.1, -0.05) is 32.9 Å². The molecule has 0 saturated carbocycles. The smallest absolute Gasteiger partial charge is 0.230 e. The van der Waals surface area contributed by atoms with Gasteiger partial charge in [-0.15, -0.1) is 11.3 Å². The zero-order chi connectivity index (χ0) is 19.3. The van der Waals surface area contributed by atoms with Crippen molar-refractivity contribution in [1.82, 2.24) is 4.98 Å². The van der Waals surface area contributed by atoms with Gasteiger partial charge in [0.15, 0.2) is 0 Å². The highest BCUT2D eigenvalue weighted by molar-refractivity contribution is 7.99. The molecule has 0 unspecified atom stereocenters. The number of hydrogen-bond acceptors (Lipinski definition) is 5. The van der Waals surface area contributed by atoms with Gasteiger partial charge in [0.1, 0.15) is 0 Å². The number of benzene rings is 1. The summed E-state index contributed by atoms with van der Waals surface area (Å²) in [5.74, 6) is 0.949. The molecule has 0 aliphatic carbocycles. The lowest BCUT2D eigenvalue weighted by molar-refractivity contribution is -0.115. The number of aromatic nitrogens is 1. The molecule has 0 spiro atoms. The Morgan fingerprint density at radius 2 is 2.11 bits per heavy atom. The van der Waals surface area contributed by atoms with Crippen LogP contribution in [0.3, 0.4) is 0 Å². The molecule has 2 heterocycles. The molecule has 2 aromatic rings. The third-order valence-electron chi connectivity index (χ3n) is 4.40. The van der Waals surface area contributed by atoms with Crippen LogP contribution in [0.5, 0.6) is 0 Å². The summed E-state index contributed by atoms with van der Waals surface area (Å²) in [5, 5.41) is 6.75. The summed E-state index contributed by atoms with van der Waals surface area (Å²) in [4.78, 5) is 17.0. The Hall–Kier alpha value is -1.37. The van der Waals surface area contributed by atoms with Crippen molar-refractivity contribution in [2.75, 3.05) is 18.5 Å². The number of thioether (sulfide) groups is 1. The van der Waals surface area contributed by atoms with E-state index >= 15 is 0 Å². The van der Waals surface area contributed by atoms with Crippen LogP contribution >= 0.6 is 23.1 Å². The van der Waals surface area contributed by atoms with Crippen LogP contribution < -0.4 is 5.32 Å². The van der Waals surface area contributed by atoms with Gasteiger partial charge in [0.25, 0.3) is 0 Å². The highest BCUT2D eigenvalue weighted by atomic mass is 32.2. The molecule has 1 N–H and O–H groups in total. The summed E-state index contributed by atoms with van der Waals surface area (Å²) in [7, 11) is 0. The molecule has 1 aliphatic rings. The molecule has 146 valence electrons. The van der Waals surface area contributed by atoms with E-state index in [1.165, 1.54) is 5.56 Å². The summed E-state index contributed by atoms with van der Waals surface area (Å²) in [6, 6.07) is 8.15. The van der Waals surface area contributed by atoms with Gasteiger partial charge in [0.2, 0.25) is 5.91 Å². The van der Waals surface area contributed by atoms with Gasteiger partial charge in [0, 0.05) is 40.7 Å². The van der Waals surface area contributed by atoms with Crippen LogP contribution in [-0.4, -0.2) is 29.4 Å². The van der Waals surface area contributed by atoms with E-state index in [0.717, 1.165) is 48.2 Å². The summed E-state index contributed by atoms with van der Waals surface area (Å²) >= 11 is 3.61. The molecule has 6 heteroatoms. The van der Waals surface area contributed by atoms with E-state index in [0.29, 0.717) is 11.7 Å². The molecule has 27 heavy (non-hydrogen) atoms. The number of carbonyl (C=O) groups is 1. The molecule has 1 amide bonds. The van der Waals surface area contributed by atoms with E-state index in [9.17, 15) is 4.79 Å². The Morgan fingerprint density at radius 1 is 1.33 bits per heavy atom. The first kappa shape index (κ1) is 20.4. The number of amides is 1. The van der Waals surface area contributed by atoms with Crippen LogP contribution in [0.1, 0.15) is 49.9 Å². The van der Waals surface area contributed by atoms with Crippen LogP contribution in [0.25, 0.3) is 0 Å². The molecule has 1 aliphatic heterocycles. The molecule has 4 nitrogen and oxygen atoms in total. The predicted octanol–water partition coefficient (Wildman–Crippen LogP) is 5.03. The number of thiazole rings is 1. The number of nitrogens with zero attached hydrogens (tertiary/aromatic N) is 1. The van der Waals surface area contributed by atoms with Crippen molar-refractivity contribution in [1.29, 1.82) is 0 Å². The van der Waals surface area contributed by atoms with Crippen molar-refractivity contribution in [2.45, 2.75) is 56.5 Å². The lowest BCUT2D eigenvalue weighted by Gasteiger charge is -2.21. The van der Waals surface area contributed by atoms with E-state index in [1.54, 1.807) is 11.3 Å². The first-order chi connectivity index (χ1) is 12.9. The van der Waals surface area contributed by atoms with Gasteiger partial charge in [-0.05, 0) is 30.5 Å². The van der Waals surface area contributed by atoms with Crippen LogP contribution in [0.2, 0.25) is 0 Å².